The van der Waals surface area contributed by atoms with E-state index in [4.69, 9.17) is 9.47 Å². The smallest absolute Gasteiger partial charge is 0.249 e. The normalized spacial score (nSPS) is 10.5. The molecule has 0 saturated carbocycles. The average molecular weight is 425 g/mol. The summed E-state index contributed by atoms with van der Waals surface area (Å²) in [4.78, 5) is 24.0. The van der Waals surface area contributed by atoms with Crippen molar-refractivity contribution >= 4 is 23.7 Å². The predicted molar refractivity (Wildman–Crippen MR) is 120 cm³/mol. The van der Waals surface area contributed by atoms with Crippen molar-refractivity contribution in [3.05, 3.63) is 60.2 Å². The van der Waals surface area contributed by atoms with Crippen LogP contribution in [0, 0.1) is 0 Å². The van der Waals surface area contributed by atoms with Crippen LogP contribution in [0.15, 0.2) is 54.2 Å². The lowest BCUT2D eigenvalue weighted by Gasteiger charge is -2.10. The van der Waals surface area contributed by atoms with E-state index >= 15 is 0 Å². The van der Waals surface area contributed by atoms with Gasteiger partial charge < -0.3 is 19.9 Å². The number of nitrogens with zero attached hydrogens (tertiary/aromatic N) is 1. The Hall–Kier alpha value is -3.81. The molecular formula is C23H27N3O5. The topological polar surface area (TPSA) is 109 Å². The molecule has 0 aliphatic heterocycles. The van der Waals surface area contributed by atoms with E-state index < -0.39 is 11.8 Å². The molecule has 0 spiro atoms. The van der Waals surface area contributed by atoms with Crippen LogP contribution in [0.3, 0.4) is 0 Å². The van der Waals surface area contributed by atoms with Gasteiger partial charge in [-0.3, -0.25) is 9.59 Å². The van der Waals surface area contributed by atoms with Gasteiger partial charge in [0, 0.05) is 11.3 Å². The largest absolute Gasteiger partial charge is 0.504 e. The summed E-state index contributed by atoms with van der Waals surface area (Å²) >= 11 is 0. The monoisotopic (exact) mass is 425 g/mol. The third kappa shape index (κ3) is 7.50. The molecular weight excluding hydrogens is 398 g/mol. The van der Waals surface area contributed by atoms with Crippen LogP contribution in [0.1, 0.15) is 31.4 Å². The molecule has 2 amide bonds. The predicted octanol–water partition coefficient (Wildman–Crippen LogP) is 3.40. The van der Waals surface area contributed by atoms with Crippen LogP contribution in [-0.4, -0.2) is 36.3 Å². The summed E-state index contributed by atoms with van der Waals surface area (Å²) in [7, 11) is 0. The summed E-state index contributed by atoms with van der Waals surface area (Å²) < 4.78 is 10.8. The minimum Gasteiger partial charge on any atom is -0.504 e. The van der Waals surface area contributed by atoms with E-state index in [0.717, 1.165) is 0 Å². The Labute approximate surface area is 181 Å². The van der Waals surface area contributed by atoms with E-state index in [9.17, 15) is 14.7 Å². The molecule has 0 aromatic heterocycles. The number of phenolic OH excluding ortho intramolecular Hbond substituents is 1. The van der Waals surface area contributed by atoms with Crippen molar-refractivity contribution in [1.82, 2.24) is 5.43 Å². The van der Waals surface area contributed by atoms with E-state index in [-0.39, 0.29) is 12.2 Å². The Morgan fingerprint density at radius 1 is 1.10 bits per heavy atom. The number of amides is 2. The van der Waals surface area contributed by atoms with Crippen molar-refractivity contribution in [1.29, 1.82) is 0 Å². The van der Waals surface area contributed by atoms with Crippen LogP contribution in [0.4, 0.5) is 5.69 Å². The van der Waals surface area contributed by atoms with Gasteiger partial charge in [-0.15, -0.1) is 6.58 Å². The van der Waals surface area contributed by atoms with E-state index in [1.165, 1.54) is 6.21 Å². The first-order valence-electron chi connectivity index (χ1n) is 9.91. The number of aromatic hydroxyl groups is 1. The molecule has 2 rings (SSSR count). The van der Waals surface area contributed by atoms with Crippen LogP contribution in [0.25, 0.3) is 0 Å². The summed E-state index contributed by atoms with van der Waals surface area (Å²) in [5.74, 6) is 0.0482. The van der Waals surface area contributed by atoms with Crippen LogP contribution < -0.4 is 20.2 Å². The van der Waals surface area contributed by atoms with Gasteiger partial charge in [0.25, 0.3) is 0 Å². The fourth-order valence-corrected chi connectivity index (χ4v) is 2.71. The molecule has 3 N–H and O–H groups in total. The average Bonchev–Trinajstić information content (AvgIpc) is 2.73. The lowest BCUT2D eigenvalue weighted by molar-refractivity contribution is -0.126. The molecule has 0 atom stereocenters. The molecule has 2 aromatic carbocycles. The number of rotatable bonds is 11. The molecule has 0 saturated heterocycles. The zero-order chi connectivity index (χ0) is 22.6. The fraction of sp³-hybridized carbons (Fsp3) is 0.261. The Balaban J connectivity index is 1.92. The minimum absolute atomic E-state index is 0.0499. The molecule has 8 heteroatoms. The van der Waals surface area contributed by atoms with Crippen molar-refractivity contribution < 1.29 is 24.2 Å². The first-order valence-corrected chi connectivity index (χ1v) is 9.91. The van der Waals surface area contributed by atoms with Crippen LogP contribution in [0.2, 0.25) is 0 Å². The maximum absolute atomic E-state index is 12.0. The first kappa shape index (κ1) is 23.5. The molecule has 164 valence electrons. The highest BCUT2D eigenvalue weighted by molar-refractivity contribution is 6.03. The lowest BCUT2D eigenvalue weighted by Crippen LogP contribution is -2.24. The number of phenols is 1. The second kappa shape index (κ2) is 12.0. The fourth-order valence-electron chi connectivity index (χ4n) is 2.71. The van der Waals surface area contributed by atoms with Crippen LogP contribution in [-0.2, 0) is 16.0 Å². The van der Waals surface area contributed by atoms with Crippen LogP contribution >= 0.6 is 0 Å². The zero-order valence-corrected chi connectivity index (χ0v) is 17.7. The maximum Gasteiger partial charge on any atom is 0.249 e. The molecule has 8 nitrogen and oxygen atoms in total. The Bertz CT molecular complexity index is 939. The molecule has 0 aliphatic rings. The maximum atomic E-state index is 12.0. The zero-order valence-electron chi connectivity index (χ0n) is 17.7. The number of allylic oxidation sites excluding steroid dienone is 1. The standard InChI is InChI=1S/C23H27N3O5/c1-4-7-17-12-16(13-20(23(17)29)31-6-3)15-24-26-22(28)14-21(27)25-18-8-10-19(11-9-18)30-5-2/h4,8-13,15,29H,1,5-7,14H2,2-3H3,(H,25,27)(H,26,28)/b24-15+. The van der Waals surface area contributed by atoms with E-state index in [0.29, 0.717) is 47.9 Å². The number of carbonyl (C=O) groups is 2. The van der Waals surface area contributed by atoms with Gasteiger partial charge in [0.15, 0.2) is 11.5 Å². The number of hydrogen-bond acceptors (Lipinski definition) is 6. The molecule has 2 aromatic rings. The van der Waals surface area contributed by atoms with E-state index in [2.05, 4.69) is 22.4 Å². The van der Waals surface area contributed by atoms with Crippen molar-refractivity contribution in [2.24, 2.45) is 5.10 Å². The lowest BCUT2D eigenvalue weighted by atomic mass is 10.1. The van der Waals surface area contributed by atoms with Crippen molar-refractivity contribution in [3.63, 3.8) is 0 Å². The Kier molecular flexibility index (Phi) is 9.10. The summed E-state index contributed by atoms with van der Waals surface area (Å²) in [6.07, 6.45) is 3.14. The van der Waals surface area contributed by atoms with E-state index in [1.807, 2.05) is 13.8 Å². The van der Waals surface area contributed by atoms with Gasteiger partial charge in [-0.2, -0.15) is 5.10 Å². The van der Waals surface area contributed by atoms with Crippen molar-refractivity contribution in [3.8, 4) is 17.2 Å². The molecule has 0 radical (unpaired) electrons. The highest BCUT2D eigenvalue weighted by Crippen LogP contribution is 2.31. The van der Waals surface area contributed by atoms with Gasteiger partial charge in [0.2, 0.25) is 11.8 Å². The number of nitrogens with one attached hydrogen (secondary N) is 2. The number of hydrogen-bond donors (Lipinski definition) is 3. The number of hydrazone groups is 1. The van der Waals surface area contributed by atoms with Gasteiger partial charge in [0.05, 0.1) is 19.4 Å². The minimum atomic E-state index is -0.560. The third-order valence-electron chi connectivity index (χ3n) is 4.01. The van der Waals surface area contributed by atoms with Gasteiger partial charge in [-0.05, 0) is 62.2 Å². The molecule has 31 heavy (non-hydrogen) atoms. The van der Waals surface area contributed by atoms with E-state index in [1.54, 1.807) is 42.5 Å². The van der Waals surface area contributed by atoms with Gasteiger partial charge in [0.1, 0.15) is 12.2 Å². The Morgan fingerprint density at radius 2 is 1.81 bits per heavy atom. The van der Waals surface area contributed by atoms with Gasteiger partial charge >= 0.3 is 0 Å². The van der Waals surface area contributed by atoms with Gasteiger partial charge in [-0.25, -0.2) is 5.43 Å². The number of carbonyl (C=O) groups excluding carboxylic acids is 2. The molecule has 0 bridgehead atoms. The third-order valence-corrected chi connectivity index (χ3v) is 4.01. The quantitative estimate of drug-likeness (QED) is 0.221. The number of benzene rings is 2. The van der Waals surface area contributed by atoms with Crippen molar-refractivity contribution in [2.45, 2.75) is 26.7 Å². The highest BCUT2D eigenvalue weighted by atomic mass is 16.5. The number of ether oxygens (including phenoxy) is 2. The summed E-state index contributed by atoms with van der Waals surface area (Å²) in [5.41, 5.74) is 4.13. The molecule has 0 heterocycles. The summed E-state index contributed by atoms with van der Waals surface area (Å²) in [6, 6.07) is 10.2. The first-order chi connectivity index (χ1) is 15.0. The molecule has 0 unspecified atom stereocenters. The van der Waals surface area contributed by atoms with Crippen molar-refractivity contribution in [2.75, 3.05) is 18.5 Å². The highest BCUT2D eigenvalue weighted by Gasteiger charge is 2.11. The van der Waals surface area contributed by atoms with Gasteiger partial charge in [-0.1, -0.05) is 6.08 Å². The molecule has 0 fully saturated rings. The molecule has 0 aliphatic carbocycles. The van der Waals surface area contributed by atoms with Crippen LogP contribution in [0.5, 0.6) is 17.2 Å². The number of anilines is 1. The summed E-state index contributed by atoms with van der Waals surface area (Å²) in [5, 5.41) is 16.7. The SMILES string of the molecule is C=CCc1cc(/C=N/NC(=O)CC(=O)Nc2ccc(OCC)cc2)cc(OCC)c1O. The summed E-state index contributed by atoms with van der Waals surface area (Å²) in [6.45, 7) is 8.31. The second-order valence-corrected chi connectivity index (χ2v) is 6.43. The Morgan fingerprint density at radius 3 is 2.45 bits per heavy atom. The second-order valence-electron chi connectivity index (χ2n) is 6.43.